The molecule has 0 spiro atoms. The van der Waals surface area contributed by atoms with Gasteiger partial charge in [-0.05, 0) is 98.5 Å². The Kier molecular flexibility index (Phi) is 5.09. The van der Waals surface area contributed by atoms with Gasteiger partial charge in [-0.3, -0.25) is 4.79 Å². The summed E-state index contributed by atoms with van der Waals surface area (Å²) in [6, 6.07) is 21.1. The second-order valence-electron chi connectivity index (χ2n) is 8.44. The van der Waals surface area contributed by atoms with Crippen molar-refractivity contribution in [3.05, 3.63) is 94.7 Å². The van der Waals surface area contributed by atoms with E-state index in [-0.39, 0.29) is 11.7 Å². The lowest BCUT2D eigenvalue weighted by Crippen LogP contribution is -2.10. The van der Waals surface area contributed by atoms with E-state index in [2.05, 4.69) is 36.3 Å². The van der Waals surface area contributed by atoms with Crippen molar-refractivity contribution in [1.82, 2.24) is 4.98 Å². The van der Waals surface area contributed by atoms with Crippen molar-refractivity contribution < 1.29 is 13.6 Å². The van der Waals surface area contributed by atoms with E-state index in [9.17, 15) is 4.79 Å². The molecule has 0 saturated carbocycles. The summed E-state index contributed by atoms with van der Waals surface area (Å²) in [6.07, 6.45) is 0. The Bertz CT molecular complexity index is 1490. The summed E-state index contributed by atoms with van der Waals surface area (Å²) in [5.74, 6) is 1.18. The number of carbonyl (C=O) groups is 1. The van der Waals surface area contributed by atoms with Crippen LogP contribution in [0.15, 0.2) is 75.6 Å². The average Bonchev–Trinajstić information content (AvgIpc) is 3.44. The van der Waals surface area contributed by atoms with Crippen LogP contribution in [0.4, 0.5) is 5.69 Å². The third kappa shape index (κ3) is 4.05. The highest BCUT2D eigenvalue weighted by atomic mass is 16.4. The van der Waals surface area contributed by atoms with Crippen molar-refractivity contribution >= 4 is 22.7 Å². The van der Waals surface area contributed by atoms with Crippen LogP contribution >= 0.6 is 0 Å². The fourth-order valence-electron chi connectivity index (χ4n) is 3.90. The Balaban J connectivity index is 1.32. The van der Waals surface area contributed by atoms with Gasteiger partial charge in [-0.25, -0.2) is 4.98 Å². The quantitative estimate of drug-likeness (QED) is 0.322. The highest BCUT2D eigenvalue weighted by Gasteiger charge is 2.14. The van der Waals surface area contributed by atoms with Crippen molar-refractivity contribution in [2.45, 2.75) is 27.7 Å². The number of hydrogen-bond acceptors (Lipinski definition) is 4. The number of nitrogens with zero attached hydrogens (tertiary/aromatic N) is 1. The van der Waals surface area contributed by atoms with Crippen molar-refractivity contribution in [3.8, 4) is 22.8 Å². The van der Waals surface area contributed by atoms with Crippen LogP contribution in [0.2, 0.25) is 0 Å². The SMILES string of the molecule is Cc1cc(C)c2oc(-c3ccc(NC(=O)c4ccc(-c5ccc(C)c(C)c5)o4)cc3)nc2c1. The first-order valence-corrected chi connectivity index (χ1v) is 10.8. The predicted octanol–water partition coefficient (Wildman–Crippen LogP) is 7.24. The van der Waals surface area contributed by atoms with E-state index in [1.165, 1.54) is 11.1 Å². The number of benzene rings is 3. The van der Waals surface area contributed by atoms with Crippen LogP contribution in [-0.4, -0.2) is 10.9 Å². The molecule has 5 aromatic rings. The first-order chi connectivity index (χ1) is 15.9. The molecule has 1 amide bonds. The minimum atomic E-state index is -0.300. The van der Waals surface area contributed by atoms with Crippen LogP contribution in [0.25, 0.3) is 33.9 Å². The number of aromatic nitrogens is 1. The summed E-state index contributed by atoms with van der Waals surface area (Å²) in [5, 5.41) is 2.88. The molecule has 0 radical (unpaired) electrons. The summed E-state index contributed by atoms with van der Waals surface area (Å²) in [6.45, 7) is 8.19. The minimum Gasteiger partial charge on any atom is -0.451 e. The summed E-state index contributed by atoms with van der Waals surface area (Å²) in [5.41, 5.74) is 8.71. The molecule has 5 rings (SSSR count). The fourth-order valence-corrected chi connectivity index (χ4v) is 3.90. The van der Waals surface area contributed by atoms with E-state index >= 15 is 0 Å². The maximum atomic E-state index is 12.7. The molecule has 0 aliphatic carbocycles. The lowest BCUT2D eigenvalue weighted by atomic mass is 10.1. The van der Waals surface area contributed by atoms with Crippen LogP contribution in [0.5, 0.6) is 0 Å². The molecule has 3 aromatic carbocycles. The van der Waals surface area contributed by atoms with E-state index in [0.29, 0.717) is 17.3 Å². The second kappa shape index (κ2) is 8.10. The molecule has 0 unspecified atom stereocenters. The minimum absolute atomic E-state index is 0.261. The van der Waals surface area contributed by atoms with Gasteiger partial charge in [0.2, 0.25) is 5.89 Å². The molecule has 0 saturated heterocycles. The van der Waals surface area contributed by atoms with E-state index in [0.717, 1.165) is 33.4 Å². The van der Waals surface area contributed by atoms with Crippen LogP contribution in [-0.2, 0) is 0 Å². The van der Waals surface area contributed by atoms with Crippen molar-refractivity contribution in [1.29, 1.82) is 0 Å². The van der Waals surface area contributed by atoms with Gasteiger partial charge in [-0.2, -0.15) is 0 Å². The number of oxazole rings is 1. The van der Waals surface area contributed by atoms with Gasteiger partial charge in [0.15, 0.2) is 11.3 Å². The molecule has 33 heavy (non-hydrogen) atoms. The maximum absolute atomic E-state index is 12.7. The van der Waals surface area contributed by atoms with Gasteiger partial charge >= 0.3 is 0 Å². The molecular weight excluding hydrogens is 412 g/mol. The smallest absolute Gasteiger partial charge is 0.291 e. The largest absolute Gasteiger partial charge is 0.451 e. The normalized spacial score (nSPS) is 11.2. The lowest BCUT2D eigenvalue weighted by molar-refractivity contribution is 0.0997. The van der Waals surface area contributed by atoms with Gasteiger partial charge < -0.3 is 14.2 Å². The van der Waals surface area contributed by atoms with Crippen molar-refractivity contribution in [2.75, 3.05) is 5.32 Å². The van der Waals surface area contributed by atoms with Crippen LogP contribution in [0.1, 0.15) is 32.8 Å². The number of nitrogens with one attached hydrogen (secondary N) is 1. The number of hydrogen-bond donors (Lipinski definition) is 1. The lowest BCUT2D eigenvalue weighted by Gasteiger charge is -2.05. The van der Waals surface area contributed by atoms with E-state index in [1.807, 2.05) is 62.4 Å². The first kappa shape index (κ1) is 20.8. The van der Waals surface area contributed by atoms with Crippen LogP contribution < -0.4 is 5.32 Å². The number of aryl methyl sites for hydroxylation is 4. The van der Waals surface area contributed by atoms with Crippen LogP contribution in [0, 0.1) is 27.7 Å². The molecule has 5 heteroatoms. The van der Waals surface area contributed by atoms with E-state index < -0.39 is 0 Å². The van der Waals surface area contributed by atoms with Gasteiger partial charge in [0.05, 0.1) is 0 Å². The number of furan rings is 1. The van der Waals surface area contributed by atoms with Gasteiger partial charge in [-0.15, -0.1) is 0 Å². The molecule has 0 bridgehead atoms. The number of carbonyl (C=O) groups excluding carboxylic acids is 1. The summed E-state index contributed by atoms with van der Waals surface area (Å²) in [4.78, 5) is 17.3. The van der Waals surface area contributed by atoms with Gasteiger partial charge in [0.25, 0.3) is 5.91 Å². The van der Waals surface area contributed by atoms with Gasteiger partial charge in [-0.1, -0.05) is 18.2 Å². The molecule has 5 nitrogen and oxygen atoms in total. The average molecular weight is 437 g/mol. The molecule has 2 heterocycles. The van der Waals surface area contributed by atoms with E-state index in [1.54, 1.807) is 6.07 Å². The van der Waals surface area contributed by atoms with Crippen molar-refractivity contribution in [3.63, 3.8) is 0 Å². The Morgan fingerprint density at radius 1 is 0.758 bits per heavy atom. The highest BCUT2D eigenvalue weighted by molar-refractivity contribution is 6.02. The molecule has 1 N–H and O–H groups in total. The zero-order valence-corrected chi connectivity index (χ0v) is 19.0. The molecule has 164 valence electrons. The first-order valence-electron chi connectivity index (χ1n) is 10.8. The van der Waals surface area contributed by atoms with E-state index in [4.69, 9.17) is 8.83 Å². The number of amides is 1. The standard InChI is InChI=1S/C28H24N2O3/c1-16-13-19(4)26-23(14-16)30-28(33-26)20-7-9-22(10-8-20)29-27(31)25-12-11-24(32-25)21-6-5-17(2)18(3)15-21/h5-15H,1-4H3,(H,29,31). The summed E-state index contributed by atoms with van der Waals surface area (Å²) < 4.78 is 11.8. The zero-order valence-electron chi connectivity index (χ0n) is 19.0. The third-order valence-electron chi connectivity index (χ3n) is 5.83. The number of rotatable bonds is 4. The topological polar surface area (TPSA) is 68.3 Å². The Morgan fingerprint density at radius 2 is 1.52 bits per heavy atom. The summed E-state index contributed by atoms with van der Waals surface area (Å²) >= 11 is 0. The Labute approximate surface area is 192 Å². The van der Waals surface area contributed by atoms with Gasteiger partial charge in [0.1, 0.15) is 11.3 Å². The monoisotopic (exact) mass is 436 g/mol. The summed E-state index contributed by atoms with van der Waals surface area (Å²) in [7, 11) is 0. The van der Waals surface area contributed by atoms with Crippen molar-refractivity contribution in [2.24, 2.45) is 0 Å². The molecule has 0 fully saturated rings. The molecule has 0 aliphatic heterocycles. The van der Waals surface area contributed by atoms with Gasteiger partial charge in [0, 0.05) is 16.8 Å². The maximum Gasteiger partial charge on any atom is 0.291 e. The Morgan fingerprint density at radius 3 is 2.27 bits per heavy atom. The predicted molar refractivity (Wildman–Crippen MR) is 130 cm³/mol. The second-order valence-corrected chi connectivity index (χ2v) is 8.44. The molecular formula is C28H24N2O3. The molecule has 0 aliphatic rings. The third-order valence-corrected chi connectivity index (χ3v) is 5.83. The number of anilines is 1. The van der Waals surface area contributed by atoms with Crippen LogP contribution in [0.3, 0.4) is 0 Å². The highest BCUT2D eigenvalue weighted by Crippen LogP contribution is 2.29. The zero-order chi connectivity index (χ0) is 23.1. The Hall–Kier alpha value is -4.12. The fraction of sp³-hybridized carbons (Fsp3) is 0.143. The molecule has 2 aromatic heterocycles. The molecule has 0 atom stereocenters. The number of fused-ring (bicyclic) bond motifs is 1.